The number of benzene rings is 4. The van der Waals surface area contributed by atoms with E-state index in [4.69, 9.17) is 0 Å². The van der Waals surface area contributed by atoms with Gasteiger partial charge < -0.3 is 49.3 Å². The van der Waals surface area contributed by atoms with Crippen LogP contribution in [0.5, 0.6) is 11.5 Å². The van der Waals surface area contributed by atoms with Crippen LogP contribution in [0.25, 0.3) is 0 Å². The number of carbonyl (C=O) groups is 2. The topological polar surface area (TPSA) is 417 Å². The van der Waals surface area contributed by atoms with Crippen LogP contribution in [0.4, 0.5) is 22.7 Å². The van der Waals surface area contributed by atoms with E-state index in [2.05, 4.69) is 31.1 Å². The molecular weight excluding hydrogens is 1070 g/mol. The van der Waals surface area contributed by atoms with Crippen LogP contribution < -0.4 is 180 Å². The molecule has 6 N–H and O–H groups in total. The Balaban J connectivity index is -0.000000534. The third-order valence-electron chi connectivity index (χ3n) is 6.87. The average Bonchev–Trinajstić information content (AvgIpc) is 3.12. The molecule has 0 heterocycles. The summed E-state index contributed by atoms with van der Waals surface area (Å²) in [6.45, 7) is 2.15. The van der Waals surface area contributed by atoms with Crippen LogP contribution in [0.15, 0.2) is 148 Å². The first kappa shape index (κ1) is 72.1. The summed E-state index contributed by atoms with van der Waals surface area (Å²) in [6, 6.07) is 17.2. The zero-order valence-corrected chi connectivity index (χ0v) is 51.1. The molecule has 0 unspecified atom stereocenters. The summed E-state index contributed by atoms with van der Waals surface area (Å²) in [5.74, 6) is -5.74. The number of phenols is 2. The van der Waals surface area contributed by atoms with Gasteiger partial charge in [-0.1, -0.05) is 36.4 Å². The Labute approximate surface area is 519 Å². The van der Waals surface area contributed by atoms with Gasteiger partial charge in [0, 0.05) is 28.7 Å². The number of aliphatic hydroxyl groups is 2. The molecule has 0 atom stereocenters. The minimum Gasteiger partial charge on any atom is -0.744 e. The van der Waals surface area contributed by atoms with Crippen molar-refractivity contribution in [3.63, 3.8) is 0 Å². The molecule has 0 radical (unpaired) electrons. The second-order valence-electron chi connectivity index (χ2n) is 11.3. The van der Waals surface area contributed by atoms with Crippen molar-refractivity contribution in [2.24, 2.45) is 20.5 Å². The number of para-hydroxylation sites is 2. The Morgan fingerprint density at radius 1 is 0.515 bits per heavy atom. The molecule has 0 saturated carbocycles. The van der Waals surface area contributed by atoms with Gasteiger partial charge in [-0.15, -0.1) is 20.5 Å². The standard InChI is InChI=1S/2C16H15N3O9S2.Cr.K.4Na/c2*1-9(20)14(16(22)17-10-5-3-2-4-6-10)19-18-12-7-11(29(23,24)25)8-13(15(12)21)30(26,27)28;;;;;;/h2*2-8,20-21H,1H3,(H,17,22)(H,23,24,25)(H,26,27,28);;;;;;/q;;;5*+1/p-4/b2*14-9-,19-18?;;;;;;. The third kappa shape index (κ3) is 22.3. The van der Waals surface area contributed by atoms with Crippen LogP contribution in [0.1, 0.15) is 13.8 Å². The van der Waals surface area contributed by atoms with Crippen molar-refractivity contribution in [2.45, 2.75) is 33.4 Å². The molecule has 0 aliphatic rings. The second-order valence-corrected chi connectivity index (χ2v) is 16.8. The fraction of sp³-hybridized carbons (Fsp3) is 0.0625. The SMILES string of the molecule is C/C(O)=C(/N=Nc1cc(S(=O)(=O)[O-])cc(S(=O)(=O)[O-])c1O)C(=O)Nc1ccccc1.C/C(O)=C(/N=Nc1cc(S(=O)(=O)[O-])cc(S(=O)(=O)[O-])c1O)C(=O)Nc1ccccc1.[Cr].[K+].[Na+].[Na+].[Na+].[Na+]. The monoisotopic (exact) mass is 1090 g/mol. The molecule has 24 nitrogen and oxygen atoms in total. The summed E-state index contributed by atoms with van der Waals surface area (Å²) >= 11 is 0. The van der Waals surface area contributed by atoms with Gasteiger partial charge in [0.15, 0.2) is 22.9 Å². The van der Waals surface area contributed by atoms with Crippen molar-refractivity contribution in [1.82, 2.24) is 0 Å². The summed E-state index contributed by atoms with van der Waals surface area (Å²) in [6.07, 6.45) is 0. The number of azo groups is 2. The number of nitrogens with one attached hydrogen (secondary N) is 2. The van der Waals surface area contributed by atoms with Gasteiger partial charge in [-0.25, -0.2) is 33.7 Å². The molecule has 0 aliphatic carbocycles. The maximum Gasteiger partial charge on any atom is 1.00 e. The Morgan fingerprint density at radius 2 is 0.788 bits per heavy atom. The van der Waals surface area contributed by atoms with Crippen molar-refractivity contribution in [3.8, 4) is 11.5 Å². The average molecular weight is 1090 g/mol. The third-order valence-corrected chi connectivity index (χ3v) is 10.2. The molecule has 0 aliphatic heterocycles. The Morgan fingerprint density at radius 3 is 1.02 bits per heavy atom. The maximum atomic E-state index is 12.3. The Kier molecular flexibility index (Phi) is 33.9. The van der Waals surface area contributed by atoms with Gasteiger partial charge in [-0.3, -0.25) is 9.59 Å². The number of carbonyl (C=O) groups excluding carboxylic acids is 2. The predicted molar refractivity (Wildman–Crippen MR) is 198 cm³/mol. The van der Waals surface area contributed by atoms with Gasteiger partial charge in [-0.2, -0.15) is 0 Å². The number of aromatic hydroxyl groups is 2. The molecule has 4 aromatic carbocycles. The van der Waals surface area contributed by atoms with Gasteiger partial charge in [0.25, 0.3) is 11.8 Å². The number of rotatable bonds is 12. The number of allylic oxidation sites excluding steroid dienone is 2. The summed E-state index contributed by atoms with van der Waals surface area (Å²) < 4.78 is 135. The second kappa shape index (κ2) is 31.1. The molecule has 2 amide bonds. The normalized spacial score (nSPS) is 12.0. The smallest absolute Gasteiger partial charge is 0.744 e. The van der Waals surface area contributed by atoms with Crippen LogP contribution in [-0.4, -0.2) is 84.1 Å². The fourth-order valence-corrected chi connectivity index (χ4v) is 6.57. The molecule has 326 valence electrons. The zero-order valence-electron chi connectivity index (χ0n) is 35.4. The molecule has 0 saturated heterocycles. The van der Waals surface area contributed by atoms with Crippen LogP contribution in [0.3, 0.4) is 0 Å². The van der Waals surface area contributed by atoms with E-state index in [0.717, 1.165) is 13.8 Å². The number of nitrogens with zero attached hydrogens (tertiary/aromatic N) is 4. The van der Waals surface area contributed by atoms with Crippen molar-refractivity contribution < 1.29 is 269 Å². The van der Waals surface area contributed by atoms with E-state index in [-0.39, 0.29) is 199 Å². The molecule has 4 aromatic rings. The number of hydrogen-bond acceptors (Lipinski definition) is 22. The molecular formula is C32H26CrKN6Na4O18S4+. The van der Waals surface area contributed by atoms with Crippen LogP contribution in [0, 0.1) is 0 Å². The first-order valence-electron chi connectivity index (χ1n) is 15.5. The molecule has 4 rings (SSSR count). The molecule has 0 spiro atoms. The van der Waals surface area contributed by atoms with E-state index in [0.29, 0.717) is 23.5 Å². The minimum absolute atomic E-state index is 0. The van der Waals surface area contributed by atoms with Gasteiger partial charge in [0.05, 0.1) is 19.6 Å². The van der Waals surface area contributed by atoms with E-state index in [1.54, 1.807) is 36.4 Å². The molecule has 0 fully saturated rings. The van der Waals surface area contributed by atoms with E-state index >= 15 is 0 Å². The van der Waals surface area contributed by atoms with Crippen molar-refractivity contribution in [3.05, 3.63) is 108 Å². The predicted octanol–water partition coefficient (Wildman–Crippen LogP) is -11.6. The van der Waals surface area contributed by atoms with E-state index in [9.17, 15) is 81.9 Å². The van der Waals surface area contributed by atoms with E-state index < -0.39 is 118 Å². The number of phenolic OH excluding ortho intramolecular Hbond substituents is 2. The number of hydrogen-bond donors (Lipinski definition) is 6. The van der Waals surface area contributed by atoms with Crippen molar-refractivity contribution in [2.75, 3.05) is 10.6 Å². The van der Waals surface area contributed by atoms with Crippen molar-refractivity contribution >= 4 is 75.0 Å². The minimum atomic E-state index is -5.40. The summed E-state index contributed by atoms with van der Waals surface area (Å²) in [4.78, 5) is 19.4. The Hall–Kier alpha value is -0.491. The fourth-order valence-electron chi connectivity index (χ4n) is 4.15. The van der Waals surface area contributed by atoms with Crippen LogP contribution in [0.2, 0.25) is 0 Å². The largest absolute Gasteiger partial charge is 1.00 e. The van der Waals surface area contributed by atoms with Gasteiger partial charge in [-0.05, 0) is 62.4 Å². The number of aliphatic hydroxyl groups excluding tert-OH is 2. The van der Waals surface area contributed by atoms with E-state index in [1.165, 1.54) is 24.3 Å². The summed E-state index contributed by atoms with van der Waals surface area (Å²) in [7, 11) is -21.3. The summed E-state index contributed by atoms with van der Waals surface area (Å²) in [5.41, 5.74) is -2.52. The van der Waals surface area contributed by atoms with Crippen LogP contribution >= 0.6 is 0 Å². The van der Waals surface area contributed by atoms with Gasteiger partial charge in [0.1, 0.15) is 63.4 Å². The number of anilines is 2. The summed E-state index contributed by atoms with van der Waals surface area (Å²) in [5, 5.41) is 57.4. The van der Waals surface area contributed by atoms with Crippen molar-refractivity contribution in [1.29, 1.82) is 0 Å². The maximum absolute atomic E-state index is 12.3. The molecule has 0 aromatic heterocycles. The van der Waals surface area contributed by atoms with Gasteiger partial charge in [0.2, 0.25) is 0 Å². The molecule has 66 heavy (non-hydrogen) atoms. The zero-order chi connectivity index (χ0) is 45.4. The number of amides is 2. The first-order valence-corrected chi connectivity index (χ1v) is 21.2. The molecule has 0 bridgehead atoms. The molecule has 34 heteroatoms. The quantitative estimate of drug-likeness (QED) is 0.0252. The first-order chi connectivity index (χ1) is 27.6. The van der Waals surface area contributed by atoms with E-state index in [1.807, 2.05) is 0 Å². The Bertz CT molecular complexity index is 2730. The van der Waals surface area contributed by atoms with Crippen LogP contribution in [-0.2, 0) is 67.4 Å². The van der Waals surface area contributed by atoms with Gasteiger partial charge >= 0.3 is 170 Å².